The molecule has 0 aromatic rings. The van der Waals surface area contributed by atoms with E-state index in [0.717, 1.165) is 0 Å². The highest BCUT2D eigenvalue weighted by Gasteiger charge is 2.49. The van der Waals surface area contributed by atoms with Gasteiger partial charge >= 0.3 is 0 Å². The average molecular weight is 326 g/mol. The molecule has 0 bridgehead atoms. The van der Waals surface area contributed by atoms with E-state index in [4.69, 9.17) is 19.3 Å². The van der Waals surface area contributed by atoms with Crippen molar-refractivity contribution in [2.24, 2.45) is 0 Å². The molecule has 2 saturated heterocycles. The first-order chi connectivity index (χ1) is 10.3. The van der Waals surface area contributed by atoms with Crippen molar-refractivity contribution in [2.45, 2.75) is 68.3 Å². The zero-order chi connectivity index (χ0) is 16.6. The van der Waals surface area contributed by atoms with E-state index < -0.39 is 68.0 Å². The lowest BCUT2D eigenvalue weighted by Crippen LogP contribution is -2.63. The fourth-order valence-corrected chi connectivity index (χ4v) is 2.50. The van der Waals surface area contributed by atoms with Crippen LogP contribution in [0.15, 0.2) is 0 Å². The van der Waals surface area contributed by atoms with Crippen LogP contribution >= 0.6 is 0 Å². The largest absolute Gasteiger partial charge is 0.394 e. The van der Waals surface area contributed by atoms with Gasteiger partial charge in [0.05, 0.1) is 12.7 Å². The first kappa shape index (κ1) is 17.9. The molecule has 0 aromatic heterocycles. The maximum atomic E-state index is 9.93. The Morgan fingerprint density at radius 2 is 1.45 bits per heavy atom. The highest BCUT2D eigenvalue weighted by Crippen LogP contribution is 2.28. The molecule has 0 amide bonds. The van der Waals surface area contributed by atoms with E-state index in [2.05, 4.69) is 0 Å². The minimum Gasteiger partial charge on any atom is -0.394 e. The Hall–Kier alpha value is -0.400. The van der Waals surface area contributed by atoms with Crippen molar-refractivity contribution in [1.82, 2.24) is 0 Å². The lowest BCUT2D eigenvalue weighted by atomic mass is 9.97. The van der Waals surface area contributed by atoms with E-state index in [-0.39, 0.29) is 0 Å². The van der Waals surface area contributed by atoms with Gasteiger partial charge in [0.1, 0.15) is 42.7 Å². The highest BCUT2D eigenvalue weighted by atomic mass is 16.7. The summed E-state index contributed by atoms with van der Waals surface area (Å²) in [5.74, 6) is 0. The number of rotatable bonds is 3. The fraction of sp³-hybridized carbons (Fsp3) is 1.00. The summed E-state index contributed by atoms with van der Waals surface area (Å²) in [6.07, 6.45) is -14.3. The van der Waals surface area contributed by atoms with Crippen LogP contribution in [0.2, 0.25) is 0 Å². The van der Waals surface area contributed by atoms with Gasteiger partial charge in [-0.15, -0.1) is 0 Å². The Morgan fingerprint density at radius 1 is 0.818 bits per heavy atom. The molecule has 0 aliphatic carbocycles. The van der Waals surface area contributed by atoms with E-state index in [1.54, 1.807) is 0 Å². The molecule has 10 heteroatoms. The molecule has 22 heavy (non-hydrogen) atoms. The van der Waals surface area contributed by atoms with Gasteiger partial charge in [-0.2, -0.15) is 0 Å². The molecule has 7 N–H and O–H groups in total. The van der Waals surface area contributed by atoms with Gasteiger partial charge in [0.25, 0.3) is 0 Å². The molecule has 0 aromatic carbocycles. The molecular weight excluding hydrogens is 304 g/mol. The first-order valence-electron chi connectivity index (χ1n) is 6.93. The molecule has 2 aliphatic heterocycles. The summed E-state index contributed by atoms with van der Waals surface area (Å²) in [5.41, 5.74) is 0. The monoisotopic (exact) mass is 326 g/mol. The summed E-state index contributed by atoms with van der Waals surface area (Å²) < 4.78 is 15.3. The second-order valence-electron chi connectivity index (χ2n) is 5.51. The van der Waals surface area contributed by atoms with Crippen molar-refractivity contribution in [1.29, 1.82) is 0 Å². The molecular formula is C12H22O10. The molecule has 2 fully saturated rings. The average Bonchev–Trinajstić information content (AvgIpc) is 2.49. The standard InChI is InChI=1S/C12H22O10/c1-3-5(14)7(16)9(18)12(20-3)22-10-8(17)6(15)4(2-13)21-11(10)19/h3-19H,2H2,1H3/t3-,4-,5-,6-,7+,8+,9+,10+,11+,12-/m1/s1. The van der Waals surface area contributed by atoms with Crippen LogP contribution in [0.3, 0.4) is 0 Å². The molecule has 130 valence electrons. The van der Waals surface area contributed by atoms with Crippen molar-refractivity contribution >= 4 is 0 Å². The van der Waals surface area contributed by atoms with Gasteiger partial charge < -0.3 is 50.0 Å². The predicted molar refractivity (Wildman–Crippen MR) is 67.2 cm³/mol. The number of aliphatic hydroxyl groups excluding tert-OH is 7. The third kappa shape index (κ3) is 3.26. The van der Waals surface area contributed by atoms with Gasteiger partial charge in [-0.25, -0.2) is 0 Å². The highest BCUT2D eigenvalue weighted by molar-refractivity contribution is 4.92. The Kier molecular flexibility index (Phi) is 5.72. The summed E-state index contributed by atoms with van der Waals surface area (Å²) in [7, 11) is 0. The van der Waals surface area contributed by atoms with Gasteiger partial charge in [0.15, 0.2) is 12.6 Å². The van der Waals surface area contributed by atoms with Crippen molar-refractivity contribution in [3.05, 3.63) is 0 Å². The van der Waals surface area contributed by atoms with Gasteiger partial charge in [-0.05, 0) is 6.92 Å². The van der Waals surface area contributed by atoms with Gasteiger partial charge in [-0.3, -0.25) is 0 Å². The van der Waals surface area contributed by atoms with E-state index >= 15 is 0 Å². The van der Waals surface area contributed by atoms with E-state index in [9.17, 15) is 30.6 Å². The molecule has 0 radical (unpaired) electrons. The second-order valence-corrected chi connectivity index (χ2v) is 5.51. The Balaban J connectivity index is 2.06. The lowest BCUT2D eigenvalue weighted by Gasteiger charge is -2.44. The van der Waals surface area contributed by atoms with Crippen LogP contribution in [0.5, 0.6) is 0 Å². The predicted octanol–water partition coefficient (Wildman–Crippen LogP) is -4.37. The minimum absolute atomic E-state index is 0.619. The van der Waals surface area contributed by atoms with Crippen LogP contribution in [0, 0.1) is 0 Å². The normalized spacial score (nSPS) is 53.5. The Labute approximate surface area is 126 Å². The number of hydrogen-bond donors (Lipinski definition) is 7. The zero-order valence-electron chi connectivity index (χ0n) is 11.8. The van der Waals surface area contributed by atoms with Crippen LogP contribution < -0.4 is 0 Å². The Bertz CT molecular complexity index is 368. The summed E-state index contributed by atoms with van der Waals surface area (Å²) in [5, 5.41) is 67.5. The summed E-state index contributed by atoms with van der Waals surface area (Å²) in [4.78, 5) is 0. The molecule has 2 rings (SSSR count). The molecule has 2 aliphatic rings. The summed E-state index contributed by atoms with van der Waals surface area (Å²) in [6.45, 7) is 0.823. The van der Waals surface area contributed by atoms with Crippen molar-refractivity contribution in [3.8, 4) is 0 Å². The smallest absolute Gasteiger partial charge is 0.187 e. The fourth-order valence-electron chi connectivity index (χ4n) is 2.50. The number of ether oxygens (including phenoxy) is 3. The molecule has 10 atom stereocenters. The van der Waals surface area contributed by atoms with Crippen LogP contribution in [-0.4, -0.2) is 104 Å². The van der Waals surface area contributed by atoms with Gasteiger partial charge in [-0.1, -0.05) is 0 Å². The van der Waals surface area contributed by atoms with E-state index in [1.807, 2.05) is 0 Å². The zero-order valence-corrected chi connectivity index (χ0v) is 11.8. The first-order valence-corrected chi connectivity index (χ1v) is 6.93. The van der Waals surface area contributed by atoms with Crippen LogP contribution in [0.25, 0.3) is 0 Å². The number of hydrogen-bond acceptors (Lipinski definition) is 10. The molecule has 0 spiro atoms. The minimum atomic E-state index is -1.69. The van der Waals surface area contributed by atoms with Gasteiger partial charge in [0.2, 0.25) is 0 Å². The number of aliphatic hydroxyl groups is 7. The van der Waals surface area contributed by atoms with Crippen molar-refractivity contribution in [2.75, 3.05) is 6.61 Å². The van der Waals surface area contributed by atoms with Crippen LogP contribution in [0.1, 0.15) is 6.92 Å². The molecule has 10 nitrogen and oxygen atoms in total. The summed E-state index contributed by atoms with van der Waals surface area (Å²) in [6, 6.07) is 0. The topological polar surface area (TPSA) is 169 Å². The second kappa shape index (κ2) is 7.01. The molecule has 2 heterocycles. The third-order valence-electron chi connectivity index (χ3n) is 3.94. The molecule has 0 unspecified atom stereocenters. The Morgan fingerprint density at radius 3 is 2.05 bits per heavy atom. The summed E-state index contributed by atoms with van der Waals surface area (Å²) >= 11 is 0. The van der Waals surface area contributed by atoms with Crippen molar-refractivity contribution in [3.63, 3.8) is 0 Å². The lowest BCUT2D eigenvalue weighted by molar-refractivity contribution is -0.358. The molecule has 0 saturated carbocycles. The van der Waals surface area contributed by atoms with E-state index in [1.165, 1.54) is 6.92 Å². The SMILES string of the molecule is C[C@H]1O[C@H](O[C@H]2[C@@H](O)[C@H](O)[C@@H](CO)O[C@@H]2O)[C@@H](O)[C@@H](O)[C@@H]1O. The third-order valence-corrected chi connectivity index (χ3v) is 3.94. The van der Waals surface area contributed by atoms with Crippen LogP contribution in [0.4, 0.5) is 0 Å². The van der Waals surface area contributed by atoms with Crippen LogP contribution in [-0.2, 0) is 14.2 Å². The maximum absolute atomic E-state index is 9.93. The van der Waals surface area contributed by atoms with E-state index in [0.29, 0.717) is 0 Å². The van der Waals surface area contributed by atoms with Gasteiger partial charge in [0, 0.05) is 0 Å². The van der Waals surface area contributed by atoms with Crippen molar-refractivity contribution < 1.29 is 50.0 Å². The maximum Gasteiger partial charge on any atom is 0.187 e. The quantitative estimate of drug-likeness (QED) is 0.269.